The third-order valence-corrected chi connectivity index (χ3v) is 4.83. The van der Waals surface area contributed by atoms with Crippen molar-refractivity contribution in [3.8, 4) is 23.1 Å². The molecule has 2 unspecified atom stereocenters. The zero-order valence-corrected chi connectivity index (χ0v) is 15.2. The minimum Gasteiger partial charge on any atom is -0.507 e. The fraction of sp³-hybridized carbons (Fsp3) is 0.368. The van der Waals surface area contributed by atoms with Crippen molar-refractivity contribution in [2.45, 2.75) is 31.8 Å². The van der Waals surface area contributed by atoms with E-state index >= 15 is 0 Å². The first-order valence-corrected chi connectivity index (χ1v) is 8.66. The number of carbonyl (C=O) groups is 1. The topological polar surface area (TPSA) is 122 Å². The highest BCUT2D eigenvalue weighted by Crippen LogP contribution is 2.31. The lowest BCUT2D eigenvalue weighted by Crippen LogP contribution is -2.49. The number of nitrogens with zero attached hydrogens (tertiary/aromatic N) is 4. The number of hydrogen-bond acceptors (Lipinski definition) is 7. The number of rotatable bonds is 4. The maximum absolute atomic E-state index is 11.2. The van der Waals surface area contributed by atoms with Crippen molar-refractivity contribution in [1.29, 1.82) is 5.26 Å². The summed E-state index contributed by atoms with van der Waals surface area (Å²) in [5.74, 6) is -0.199. The zero-order valence-electron chi connectivity index (χ0n) is 15.2. The Morgan fingerprint density at radius 1 is 1.33 bits per heavy atom. The third kappa shape index (κ3) is 3.99. The number of likely N-dealkylation sites (tertiary alicyclic amines) is 1. The van der Waals surface area contributed by atoms with Gasteiger partial charge in [0.25, 0.3) is 0 Å². The van der Waals surface area contributed by atoms with Gasteiger partial charge in [-0.1, -0.05) is 0 Å². The molecule has 2 heterocycles. The number of aromatic nitrogens is 2. The number of carboxylic acids is 1. The number of aromatic hydroxyl groups is 1. The fourth-order valence-corrected chi connectivity index (χ4v) is 3.41. The van der Waals surface area contributed by atoms with Crippen LogP contribution < -0.4 is 5.32 Å². The number of aliphatic carboxylic acids is 1. The number of phenolic OH excluding ortho intramolecular Hbond substituents is 1. The molecule has 3 N–H and O–H groups in total. The molecule has 1 aliphatic heterocycles. The molecule has 0 aliphatic carbocycles. The molecule has 1 aromatic heterocycles. The summed E-state index contributed by atoms with van der Waals surface area (Å²) in [6, 6.07) is 8.16. The minimum absolute atomic E-state index is 0.0132. The van der Waals surface area contributed by atoms with E-state index in [4.69, 9.17) is 5.26 Å². The Kier molecular flexibility index (Phi) is 5.23. The number of benzene rings is 1. The lowest BCUT2D eigenvalue weighted by Gasteiger charge is -2.35. The molecule has 1 aromatic carbocycles. The minimum atomic E-state index is -0.793. The lowest BCUT2D eigenvalue weighted by atomic mass is 9.99. The Balaban J connectivity index is 1.74. The molecule has 2 aromatic rings. The summed E-state index contributed by atoms with van der Waals surface area (Å²) in [5, 5.41) is 40.0. The first-order valence-electron chi connectivity index (χ1n) is 8.66. The molecule has 140 valence electrons. The lowest BCUT2D eigenvalue weighted by molar-refractivity contribution is -0.143. The number of hydrogen-bond donors (Lipinski definition) is 3. The van der Waals surface area contributed by atoms with Crippen LogP contribution in [0.1, 0.15) is 24.0 Å². The van der Waals surface area contributed by atoms with Crippen molar-refractivity contribution in [1.82, 2.24) is 15.1 Å². The number of phenols is 1. The van der Waals surface area contributed by atoms with Crippen LogP contribution in [0.15, 0.2) is 24.3 Å². The van der Waals surface area contributed by atoms with Crippen molar-refractivity contribution in [2.24, 2.45) is 0 Å². The molecule has 3 rings (SSSR count). The van der Waals surface area contributed by atoms with E-state index in [1.807, 2.05) is 24.0 Å². The summed E-state index contributed by atoms with van der Waals surface area (Å²) in [5.41, 5.74) is 2.28. The first kappa shape index (κ1) is 18.6. The normalized spacial score (nSPS) is 20.0. The molecule has 8 nitrogen and oxygen atoms in total. The molecule has 0 saturated carbocycles. The standard InChI is InChI=1S/C19H21N5O3/c1-11-7-17(21-13-4-6-15(19(26)27)24(2)10-13)22-23-18(11)14-5-3-12(9-20)8-16(14)25/h3,5,7-8,13,15,25H,4,6,10H2,1-2H3,(H,21,22)(H,26,27). The average Bonchev–Trinajstić information content (AvgIpc) is 2.62. The Hall–Kier alpha value is -3.18. The zero-order chi connectivity index (χ0) is 19.6. The van der Waals surface area contributed by atoms with E-state index in [-0.39, 0.29) is 11.8 Å². The molecule has 8 heteroatoms. The van der Waals surface area contributed by atoms with Gasteiger partial charge >= 0.3 is 5.97 Å². The van der Waals surface area contributed by atoms with Crippen molar-refractivity contribution in [3.63, 3.8) is 0 Å². The highest BCUT2D eigenvalue weighted by Gasteiger charge is 2.30. The van der Waals surface area contributed by atoms with E-state index in [0.717, 1.165) is 12.0 Å². The van der Waals surface area contributed by atoms with E-state index < -0.39 is 12.0 Å². The van der Waals surface area contributed by atoms with E-state index in [0.29, 0.717) is 35.6 Å². The van der Waals surface area contributed by atoms with Crippen molar-refractivity contribution in [3.05, 3.63) is 35.4 Å². The van der Waals surface area contributed by atoms with Gasteiger partial charge in [-0.2, -0.15) is 5.26 Å². The molecule has 1 aliphatic rings. The van der Waals surface area contributed by atoms with Gasteiger partial charge in [0.05, 0.1) is 17.3 Å². The first-order chi connectivity index (χ1) is 12.9. The third-order valence-electron chi connectivity index (χ3n) is 4.83. The van der Waals surface area contributed by atoms with Crippen LogP contribution in [0, 0.1) is 18.3 Å². The second-order valence-electron chi connectivity index (χ2n) is 6.82. The summed E-state index contributed by atoms with van der Waals surface area (Å²) in [7, 11) is 1.81. The predicted molar refractivity (Wildman–Crippen MR) is 99.3 cm³/mol. The molecule has 0 spiro atoms. The van der Waals surface area contributed by atoms with E-state index in [1.165, 1.54) is 6.07 Å². The maximum Gasteiger partial charge on any atom is 0.320 e. The molecule has 1 fully saturated rings. The molecule has 0 radical (unpaired) electrons. The Morgan fingerprint density at radius 3 is 2.70 bits per heavy atom. The number of likely N-dealkylation sites (N-methyl/N-ethyl adjacent to an activating group) is 1. The number of nitriles is 1. The molecule has 2 atom stereocenters. The van der Waals surface area contributed by atoms with Crippen LogP contribution in [0.4, 0.5) is 5.82 Å². The number of anilines is 1. The van der Waals surface area contributed by atoms with Gasteiger partial charge in [-0.05, 0) is 56.6 Å². The van der Waals surface area contributed by atoms with Crippen LogP contribution in [-0.2, 0) is 4.79 Å². The van der Waals surface area contributed by atoms with E-state index in [2.05, 4.69) is 15.5 Å². The van der Waals surface area contributed by atoms with Crippen molar-refractivity contribution in [2.75, 3.05) is 18.9 Å². The number of aryl methyl sites for hydroxylation is 1. The van der Waals surface area contributed by atoms with Crippen LogP contribution in [-0.4, -0.2) is 57.0 Å². The number of carboxylic acid groups (broad SMARTS) is 1. The van der Waals surface area contributed by atoms with Crippen LogP contribution in [0.2, 0.25) is 0 Å². The summed E-state index contributed by atoms with van der Waals surface area (Å²) >= 11 is 0. The van der Waals surface area contributed by atoms with Gasteiger partial charge in [0, 0.05) is 18.2 Å². The Bertz CT molecular complexity index is 909. The number of nitrogens with one attached hydrogen (secondary N) is 1. The van der Waals surface area contributed by atoms with E-state index in [9.17, 15) is 15.0 Å². The van der Waals surface area contributed by atoms with Crippen LogP contribution in [0.3, 0.4) is 0 Å². The van der Waals surface area contributed by atoms with Crippen LogP contribution >= 0.6 is 0 Å². The van der Waals surface area contributed by atoms with Gasteiger partial charge in [0.15, 0.2) is 0 Å². The molecule has 0 amide bonds. The van der Waals surface area contributed by atoms with Gasteiger partial charge in [-0.25, -0.2) is 0 Å². The molecule has 27 heavy (non-hydrogen) atoms. The second kappa shape index (κ2) is 7.60. The summed E-state index contributed by atoms with van der Waals surface area (Å²) < 4.78 is 0. The van der Waals surface area contributed by atoms with Gasteiger partial charge in [-0.3, -0.25) is 9.69 Å². The molecular weight excluding hydrogens is 346 g/mol. The quantitative estimate of drug-likeness (QED) is 0.750. The predicted octanol–water partition coefficient (Wildman–Crippen LogP) is 1.99. The summed E-state index contributed by atoms with van der Waals surface area (Å²) in [4.78, 5) is 13.0. The maximum atomic E-state index is 11.2. The smallest absolute Gasteiger partial charge is 0.320 e. The van der Waals surface area contributed by atoms with E-state index in [1.54, 1.807) is 19.2 Å². The van der Waals surface area contributed by atoms with Gasteiger partial charge in [0.2, 0.25) is 0 Å². The van der Waals surface area contributed by atoms with Crippen LogP contribution in [0.25, 0.3) is 11.3 Å². The van der Waals surface area contributed by atoms with Crippen molar-refractivity contribution < 1.29 is 15.0 Å². The number of piperidine rings is 1. The highest BCUT2D eigenvalue weighted by atomic mass is 16.4. The molecular formula is C19H21N5O3. The molecule has 1 saturated heterocycles. The average molecular weight is 367 g/mol. The van der Waals surface area contributed by atoms with Gasteiger partial charge < -0.3 is 15.5 Å². The molecule has 0 bridgehead atoms. The van der Waals surface area contributed by atoms with Gasteiger partial charge in [-0.15, -0.1) is 10.2 Å². The Morgan fingerprint density at radius 2 is 2.11 bits per heavy atom. The highest BCUT2D eigenvalue weighted by molar-refractivity contribution is 5.73. The Labute approximate surface area is 157 Å². The summed E-state index contributed by atoms with van der Waals surface area (Å²) in [6.07, 6.45) is 1.31. The largest absolute Gasteiger partial charge is 0.507 e. The fourth-order valence-electron chi connectivity index (χ4n) is 3.41. The SMILES string of the molecule is Cc1cc(NC2CCC(C(=O)O)N(C)C2)nnc1-c1ccc(C#N)cc1O. The summed E-state index contributed by atoms with van der Waals surface area (Å²) in [6.45, 7) is 2.48. The monoisotopic (exact) mass is 367 g/mol. The second-order valence-corrected chi connectivity index (χ2v) is 6.82. The van der Waals surface area contributed by atoms with Crippen molar-refractivity contribution >= 4 is 11.8 Å². The van der Waals surface area contributed by atoms with Crippen LogP contribution in [0.5, 0.6) is 5.75 Å². The van der Waals surface area contributed by atoms with Gasteiger partial charge in [0.1, 0.15) is 17.6 Å².